The van der Waals surface area contributed by atoms with E-state index in [1.807, 2.05) is 0 Å². The van der Waals surface area contributed by atoms with Crippen molar-refractivity contribution in [2.45, 2.75) is 40.0 Å². The summed E-state index contributed by atoms with van der Waals surface area (Å²) in [5, 5.41) is 4.76. The molecule has 0 unspecified atom stereocenters. The van der Waals surface area contributed by atoms with E-state index in [1.165, 1.54) is 58.5 Å². The Kier molecular flexibility index (Phi) is 1.73. The van der Waals surface area contributed by atoms with E-state index in [9.17, 15) is 0 Å². The molecule has 0 spiro atoms. The second kappa shape index (κ2) is 2.88. The Morgan fingerprint density at radius 3 is 2.67 bits per heavy atom. The van der Waals surface area contributed by atoms with Crippen molar-refractivity contribution in [1.29, 1.82) is 0 Å². The summed E-state index contributed by atoms with van der Waals surface area (Å²) in [6.45, 7) is 6.64. The number of fused-ring (bicyclic) bond motifs is 2. The molecule has 0 N–H and O–H groups in total. The molecule has 0 aromatic heterocycles. The summed E-state index contributed by atoms with van der Waals surface area (Å²) in [5.74, 6) is 0. The normalized spacial score (nSPS) is 17.8. The maximum atomic E-state index is 4.76. The van der Waals surface area contributed by atoms with Crippen LogP contribution in [0.25, 0.3) is 5.57 Å². The summed E-state index contributed by atoms with van der Waals surface area (Å²) in [6.07, 6.45) is 3.71. The van der Waals surface area contributed by atoms with Crippen LogP contribution in [0, 0.1) is 20.8 Å². The topological polar surface area (TPSA) is 14.1 Å². The van der Waals surface area contributed by atoms with Crippen molar-refractivity contribution < 1.29 is 0 Å². The van der Waals surface area contributed by atoms with Crippen molar-refractivity contribution in [3.05, 3.63) is 34.0 Å². The van der Waals surface area contributed by atoms with Crippen molar-refractivity contribution >= 4 is 11.3 Å². The SMILES string of the molecule is Cc1cc2c(c(C)c1C)C1=C(CCC1)[N]2. The molecule has 1 nitrogen and oxygen atoms in total. The van der Waals surface area contributed by atoms with Crippen molar-refractivity contribution in [3.63, 3.8) is 0 Å². The quantitative estimate of drug-likeness (QED) is 0.602. The van der Waals surface area contributed by atoms with Crippen LogP contribution in [0.3, 0.4) is 0 Å². The standard InChI is InChI=1S/C14H16N/c1-8-7-13-14(10(3)9(8)2)11-5-4-6-12(11)15-13/h7H,4-6H2,1-3H3. The van der Waals surface area contributed by atoms with Crippen LogP contribution in [-0.4, -0.2) is 0 Å². The summed E-state index contributed by atoms with van der Waals surface area (Å²) >= 11 is 0. The maximum Gasteiger partial charge on any atom is 0.0714 e. The number of hydrogen-bond acceptors (Lipinski definition) is 0. The summed E-state index contributed by atoms with van der Waals surface area (Å²) in [5.41, 5.74) is 9.82. The van der Waals surface area contributed by atoms with Gasteiger partial charge in [0.15, 0.2) is 0 Å². The second-order valence-corrected chi connectivity index (χ2v) is 4.73. The first-order valence-corrected chi connectivity index (χ1v) is 5.73. The van der Waals surface area contributed by atoms with Gasteiger partial charge in [-0.15, -0.1) is 0 Å². The predicted octanol–water partition coefficient (Wildman–Crippen LogP) is 3.76. The number of allylic oxidation sites excluding steroid dienone is 2. The number of nitrogens with zero attached hydrogens (tertiary/aromatic N) is 1. The predicted molar refractivity (Wildman–Crippen MR) is 63.2 cm³/mol. The minimum Gasteiger partial charge on any atom is -0.253 e. The van der Waals surface area contributed by atoms with Gasteiger partial charge in [-0.3, -0.25) is 5.32 Å². The van der Waals surface area contributed by atoms with Gasteiger partial charge in [0.1, 0.15) is 0 Å². The number of rotatable bonds is 0. The van der Waals surface area contributed by atoms with Crippen LogP contribution in [0.15, 0.2) is 11.8 Å². The van der Waals surface area contributed by atoms with Gasteiger partial charge in [-0.1, -0.05) is 0 Å². The Bertz CT molecular complexity index is 481. The molecule has 0 saturated heterocycles. The molecule has 0 amide bonds. The van der Waals surface area contributed by atoms with Gasteiger partial charge < -0.3 is 0 Å². The van der Waals surface area contributed by atoms with Crippen molar-refractivity contribution in [1.82, 2.24) is 5.32 Å². The molecular weight excluding hydrogens is 182 g/mol. The van der Waals surface area contributed by atoms with Crippen LogP contribution >= 0.6 is 0 Å². The van der Waals surface area contributed by atoms with Crippen LogP contribution in [0.5, 0.6) is 0 Å². The zero-order valence-corrected chi connectivity index (χ0v) is 9.65. The molecule has 1 aromatic rings. The fourth-order valence-corrected chi connectivity index (χ4v) is 2.80. The van der Waals surface area contributed by atoms with E-state index in [2.05, 4.69) is 26.8 Å². The van der Waals surface area contributed by atoms with Gasteiger partial charge in [0.05, 0.1) is 5.69 Å². The van der Waals surface area contributed by atoms with Gasteiger partial charge in [-0.05, 0) is 68.4 Å². The van der Waals surface area contributed by atoms with Crippen LogP contribution in [0.2, 0.25) is 0 Å². The van der Waals surface area contributed by atoms with Crippen LogP contribution in [-0.2, 0) is 0 Å². The second-order valence-electron chi connectivity index (χ2n) is 4.73. The highest BCUT2D eigenvalue weighted by atomic mass is 14.9. The van der Waals surface area contributed by atoms with Gasteiger partial charge in [0.2, 0.25) is 0 Å². The molecule has 3 rings (SSSR count). The average molecular weight is 198 g/mol. The van der Waals surface area contributed by atoms with E-state index in [1.54, 1.807) is 0 Å². The zero-order chi connectivity index (χ0) is 10.6. The highest BCUT2D eigenvalue weighted by Gasteiger charge is 2.28. The minimum atomic E-state index is 1.18. The lowest BCUT2D eigenvalue weighted by Crippen LogP contribution is -1.96. The lowest BCUT2D eigenvalue weighted by molar-refractivity contribution is 0.858. The van der Waals surface area contributed by atoms with Crippen LogP contribution in [0.4, 0.5) is 5.69 Å². The summed E-state index contributed by atoms with van der Waals surface area (Å²) in [4.78, 5) is 0. The van der Waals surface area contributed by atoms with Crippen molar-refractivity contribution in [2.24, 2.45) is 0 Å². The van der Waals surface area contributed by atoms with E-state index >= 15 is 0 Å². The van der Waals surface area contributed by atoms with E-state index < -0.39 is 0 Å². The first-order valence-electron chi connectivity index (χ1n) is 5.73. The Balaban J connectivity index is 2.26. The molecule has 1 aliphatic carbocycles. The lowest BCUT2D eigenvalue weighted by atomic mass is 9.93. The molecular formula is C14H16N. The Labute approximate surface area is 91.2 Å². The van der Waals surface area contributed by atoms with E-state index in [-0.39, 0.29) is 0 Å². The molecule has 0 atom stereocenters. The summed E-state index contributed by atoms with van der Waals surface area (Å²) < 4.78 is 0. The highest BCUT2D eigenvalue weighted by molar-refractivity contribution is 5.86. The van der Waals surface area contributed by atoms with Gasteiger partial charge in [-0.25, -0.2) is 0 Å². The smallest absolute Gasteiger partial charge is 0.0714 e. The van der Waals surface area contributed by atoms with E-state index in [4.69, 9.17) is 5.32 Å². The van der Waals surface area contributed by atoms with Crippen molar-refractivity contribution in [3.8, 4) is 0 Å². The highest BCUT2D eigenvalue weighted by Crippen LogP contribution is 2.46. The molecule has 0 bridgehead atoms. The third kappa shape index (κ3) is 1.09. The lowest BCUT2D eigenvalue weighted by Gasteiger charge is -2.12. The number of aryl methyl sites for hydroxylation is 1. The minimum absolute atomic E-state index is 1.18. The Hall–Kier alpha value is -1.24. The molecule has 0 fully saturated rings. The zero-order valence-electron chi connectivity index (χ0n) is 9.65. The van der Waals surface area contributed by atoms with Crippen molar-refractivity contribution in [2.75, 3.05) is 0 Å². The third-order valence-electron chi connectivity index (χ3n) is 3.88. The molecule has 1 aliphatic heterocycles. The van der Waals surface area contributed by atoms with E-state index in [0.29, 0.717) is 0 Å². The summed E-state index contributed by atoms with van der Waals surface area (Å²) in [7, 11) is 0. The number of hydrogen-bond donors (Lipinski definition) is 0. The molecule has 1 aromatic carbocycles. The fourth-order valence-electron chi connectivity index (χ4n) is 2.80. The average Bonchev–Trinajstić information content (AvgIpc) is 2.73. The van der Waals surface area contributed by atoms with Gasteiger partial charge >= 0.3 is 0 Å². The molecule has 2 aliphatic rings. The van der Waals surface area contributed by atoms with Crippen LogP contribution < -0.4 is 5.32 Å². The van der Waals surface area contributed by atoms with Crippen LogP contribution in [0.1, 0.15) is 41.5 Å². The fraction of sp³-hybridized carbons (Fsp3) is 0.429. The molecule has 1 heterocycles. The van der Waals surface area contributed by atoms with Gasteiger partial charge in [-0.2, -0.15) is 0 Å². The molecule has 15 heavy (non-hydrogen) atoms. The molecule has 1 heteroatoms. The Morgan fingerprint density at radius 2 is 1.87 bits per heavy atom. The molecule has 77 valence electrons. The maximum absolute atomic E-state index is 4.76. The largest absolute Gasteiger partial charge is 0.253 e. The third-order valence-corrected chi connectivity index (χ3v) is 3.88. The van der Waals surface area contributed by atoms with E-state index in [0.717, 1.165) is 0 Å². The monoisotopic (exact) mass is 198 g/mol. The summed E-state index contributed by atoms with van der Waals surface area (Å²) in [6, 6.07) is 2.25. The first kappa shape index (κ1) is 9.02. The Morgan fingerprint density at radius 1 is 1.07 bits per heavy atom. The number of benzene rings is 1. The first-order chi connectivity index (χ1) is 7.18. The molecule has 0 saturated carbocycles. The van der Waals surface area contributed by atoms with Gasteiger partial charge in [0, 0.05) is 11.3 Å². The van der Waals surface area contributed by atoms with Gasteiger partial charge in [0.25, 0.3) is 0 Å². The molecule has 1 radical (unpaired) electrons.